The van der Waals surface area contributed by atoms with E-state index in [1.807, 2.05) is 55.4 Å². The SMILES string of the molecule is CCN(CC)CCNc1ccc2c(=O)n(CCN(C)C)nc3c2c1C(=O)c1ccccc1-3. The Morgan fingerprint density at radius 3 is 2.38 bits per heavy atom. The van der Waals surface area contributed by atoms with Crippen molar-refractivity contribution in [3.63, 3.8) is 0 Å². The lowest BCUT2D eigenvalue weighted by Crippen LogP contribution is -2.31. The van der Waals surface area contributed by atoms with Crippen molar-refractivity contribution in [2.45, 2.75) is 20.4 Å². The highest BCUT2D eigenvalue weighted by Gasteiger charge is 2.30. The third-order valence-corrected chi connectivity index (χ3v) is 6.18. The van der Waals surface area contributed by atoms with Crippen LogP contribution in [0.5, 0.6) is 0 Å². The van der Waals surface area contributed by atoms with Gasteiger partial charge in [0.05, 0.1) is 17.5 Å². The molecule has 0 radical (unpaired) electrons. The molecule has 1 N–H and O–H groups in total. The molecule has 2 aromatic carbocycles. The topological polar surface area (TPSA) is 70.5 Å². The fraction of sp³-hybridized carbons (Fsp3) is 0.400. The van der Waals surface area contributed by atoms with Crippen molar-refractivity contribution < 1.29 is 4.79 Å². The number of carbonyl (C=O) groups is 1. The Bertz CT molecular complexity index is 1210. The summed E-state index contributed by atoms with van der Waals surface area (Å²) in [5.74, 6) is -0.0590. The fourth-order valence-electron chi connectivity index (χ4n) is 4.31. The minimum atomic E-state index is -0.159. The molecule has 0 atom stereocenters. The van der Waals surface area contributed by atoms with Gasteiger partial charge in [-0.15, -0.1) is 0 Å². The second kappa shape index (κ2) is 9.22. The van der Waals surface area contributed by atoms with E-state index in [9.17, 15) is 9.59 Å². The average molecular weight is 434 g/mol. The molecule has 168 valence electrons. The van der Waals surface area contributed by atoms with Crippen molar-refractivity contribution in [1.29, 1.82) is 0 Å². The van der Waals surface area contributed by atoms with Crippen LogP contribution in [0.3, 0.4) is 0 Å². The number of anilines is 1. The number of benzene rings is 2. The Hall–Kier alpha value is -3.03. The van der Waals surface area contributed by atoms with Crippen LogP contribution in [0.2, 0.25) is 0 Å². The average Bonchev–Trinajstić information content (AvgIpc) is 2.80. The van der Waals surface area contributed by atoms with Crippen molar-refractivity contribution in [3.05, 3.63) is 57.9 Å². The molecule has 7 heteroatoms. The van der Waals surface area contributed by atoms with E-state index >= 15 is 0 Å². The van der Waals surface area contributed by atoms with Crippen LogP contribution in [-0.4, -0.2) is 72.2 Å². The lowest BCUT2D eigenvalue weighted by atomic mass is 9.85. The van der Waals surface area contributed by atoms with E-state index in [0.717, 1.165) is 37.4 Å². The van der Waals surface area contributed by atoms with Gasteiger partial charge in [0.25, 0.3) is 5.56 Å². The number of hydrogen-bond donors (Lipinski definition) is 1. The van der Waals surface area contributed by atoms with Gasteiger partial charge >= 0.3 is 0 Å². The maximum Gasteiger partial charge on any atom is 0.274 e. The highest BCUT2D eigenvalue weighted by molar-refractivity contribution is 6.27. The lowest BCUT2D eigenvalue weighted by molar-refractivity contribution is 0.104. The van der Waals surface area contributed by atoms with Gasteiger partial charge in [0.1, 0.15) is 5.69 Å². The van der Waals surface area contributed by atoms with Gasteiger partial charge in [0.2, 0.25) is 0 Å². The van der Waals surface area contributed by atoms with Gasteiger partial charge in [-0.3, -0.25) is 9.59 Å². The van der Waals surface area contributed by atoms with Gasteiger partial charge in [0, 0.05) is 41.8 Å². The predicted molar refractivity (Wildman–Crippen MR) is 130 cm³/mol. The Morgan fingerprint density at radius 2 is 1.69 bits per heavy atom. The summed E-state index contributed by atoms with van der Waals surface area (Å²) in [4.78, 5) is 31.1. The van der Waals surface area contributed by atoms with Crippen LogP contribution in [-0.2, 0) is 6.54 Å². The maximum absolute atomic E-state index is 13.5. The first-order chi connectivity index (χ1) is 15.5. The second-order valence-corrected chi connectivity index (χ2v) is 8.42. The molecule has 3 aromatic rings. The number of nitrogens with zero attached hydrogens (tertiary/aromatic N) is 4. The molecule has 1 heterocycles. The number of carbonyl (C=O) groups excluding carboxylic acids is 1. The van der Waals surface area contributed by atoms with Gasteiger partial charge in [-0.05, 0) is 39.3 Å². The zero-order chi connectivity index (χ0) is 22.8. The van der Waals surface area contributed by atoms with Crippen molar-refractivity contribution in [2.75, 3.05) is 52.1 Å². The van der Waals surface area contributed by atoms with Crippen LogP contribution in [0.4, 0.5) is 5.69 Å². The predicted octanol–water partition coefficient (Wildman–Crippen LogP) is 2.92. The quantitative estimate of drug-likeness (QED) is 0.438. The van der Waals surface area contributed by atoms with E-state index in [4.69, 9.17) is 5.10 Å². The van der Waals surface area contributed by atoms with Gasteiger partial charge in [0.15, 0.2) is 5.78 Å². The maximum atomic E-state index is 13.5. The first kappa shape index (κ1) is 22.2. The van der Waals surface area contributed by atoms with Crippen molar-refractivity contribution >= 4 is 22.2 Å². The van der Waals surface area contributed by atoms with E-state index < -0.39 is 0 Å². The summed E-state index contributed by atoms with van der Waals surface area (Å²) in [5.41, 5.74) is 3.28. The molecule has 0 unspecified atom stereocenters. The number of likely N-dealkylation sites (N-methyl/N-ethyl adjacent to an activating group) is 2. The first-order valence-corrected chi connectivity index (χ1v) is 11.3. The van der Waals surface area contributed by atoms with Crippen LogP contribution in [0.15, 0.2) is 41.2 Å². The minimum absolute atomic E-state index is 0.0590. The first-order valence-electron chi connectivity index (χ1n) is 11.3. The molecule has 0 bridgehead atoms. The summed E-state index contributed by atoms with van der Waals surface area (Å²) in [6.45, 7) is 9.04. The number of nitrogens with one attached hydrogen (secondary N) is 1. The molecule has 1 aliphatic rings. The van der Waals surface area contributed by atoms with Crippen LogP contribution in [0.25, 0.3) is 22.0 Å². The molecular weight excluding hydrogens is 402 g/mol. The van der Waals surface area contributed by atoms with Crippen LogP contribution >= 0.6 is 0 Å². The fourth-order valence-corrected chi connectivity index (χ4v) is 4.31. The summed E-state index contributed by atoms with van der Waals surface area (Å²) >= 11 is 0. The second-order valence-electron chi connectivity index (χ2n) is 8.42. The van der Waals surface area contributed by atoms with Crippen LogP contribution < -0.4 is 10.9 Å². The van der Waals surface area contributed by atoms with Crippen LogP contribution in [0.1, 0.15) is 29.8 Å². The summed E-state index contributed by atoms with van der Waals surface area (Å²) in [7, 11) is 3.94. The molecule has 32 heavy (non-hydrogen) atoms. The third-order valence-electron chi connectivity index (χ3n) is 6.18. The number of aromatic nitrogens is 2. The molecular formula is C25H31N5O2. The number of hydrogen-bond acceptors (Lipinski definition) is 6. The normalized spacial score (nSPS) is 12.6. The number of ketones is 1. The largest absolute Gasteiger partial charge is 0.383 e. The zero-order valence-corrected chi connectivity index (χ0v) is 19.3. The van der Waals surface area contributed by atoms with E-state index in [-0.39, 0.29) is 11.3 Å². The molecule has 4 rings (SSSR count). The smallest absolute Gasteiger partial charge is 0.274 e. The summed E-state index contributed by atoms with van der Waals surface area (Å²) < 4.78 is 1.53. The Kier molecular flexibility index (Phi) is 6.39. The highest BCUT2D eigenvalue weighted by atomic mass is 16.1. The Balaban J connectivity index is 1.86. The van der Waals surface area contributed by atoms with Gasteiger partial charge in [-0.1, -0.05) is 38.1 Å². The van der Waals surface area contributed by atoms with Crippen molar-refractivity contribution in [1.82, 2.24) is 19.6 Å². The molecule has 7 nitrogen and oxygen atoms in total. The van der Waals surface area contributed by atoms with Gasteiger partial charge in [-0.25, -0.2) is 4.68 Å². The zero-order valence-electron chi connectivity index (χ0n) is 19.3. The van der Waals surface area contributed by atoms with Crippen molar-refractivity contribution in [3.8, 4) is 11.3 Å². The van der Waals surface area contributed by atoms with E-state index in [1.54, 1.807) is 0 Å². The highest BCUT2D eigenvalue weighted by Crippen LogP contribution is 2.39. The summed E-state index contributed by atoms with van der Waals surface area (Å²) in [5, 5.41) is 9.39. The molecule has 0 aliphatic heterocycles. The summed E-state index contributed by atoms with van der Waals surface area (Å²) in [6, 6.07) is 11.2. The van der Waals surface area contributed by atoms with Gasteiger partial charge in [-0.2, -0.15) is 5.10 Å². The number of fused-ring (bicyclic) bond motifs is 2. The Labute approximate surface area is 188 Å². The van der Waals surface area contributed by atoms with Crippen molar-refractivity contribution in [2.24, 2.45) is 0 Å². The standard InChI is InChI=1S/C25H31N5O2/c1-5-29(6-2)14-13-26-20-12-11-19-21-22(20)24(31)18-10-8-7-9-17(18)23(21)27-30(25(19)32)16-15-28(3)4/h7-12,26H,5-6,13-16H2,1-4H3. The number of rotatable bonds is 9. The molecule has 0 saturated heterocycles. The van der Waals surface area contributed by atoms with E-state index in [2.05, 4.69) is 24.1 Å². The minimum Gasteiger partial charge on any atom is -0.383 e. The molecule has 0 fully saturated rings. The van der Waals surface area contributed by atoms with E-state index in [0.29, 0.717) is 40.7 Å². The molecule has 0 spiro atoms. The molecule has 0 saturated carbocycles. The summed E-state index contributed by atoms with van der Waals surface area (Å²) in [6.07, 6.45) is 0. The lowest BCUT2D eigenvalue weighted by Gasteiger charge is -2.24. The van der Waals surface area contributed by atoms with Gasteiger partial charge < -0.3 is 15.1 Å². The van der Waals surface area contributed by atoms with Crippen LogP contribution in [0, 0.1) is 0 Å². The molecule has 1 aromatic heterocycles. The third kappa shape index (κ3) is 3.94. The molecule has 0 amide bonds. The van der Waals surface area contributed by atoms with E-state index in [1.165, 1.54) is 4.68 Å². The monoisotopic (exact) mass is 433 g/mol. The Morgan fingerprint density at radius 1 is 0.969 bits per heavy atom. The molecule has 1 aliphatic carbocycles.